The smallest absolute Gasteiger partial charge is 0.0605 e. The van der Waals surface area contributed by atoms with Gasteiger partial charge in [0.15, 0.2) is 0 Å². The van der Waals surface area contributed by atoms with Crippen molar-refractivity contribution in [3.8, 4) is 0 Å². The van der Waals surface area contributed by atoms with E-state index < -0.39 is 0 Å². The van der Waals surface area contributed by atoms with Crippen LogP contribution in [-0.4, -0.2) is 6.04 Å². The summed E-state index contributed by atoms with van der Waals surface area (Å²) < 4.78 is 1.29. The van der Waals surface area contributed by atoms with Crippen LogP contribution in [0.2, 0.25) is 5.02 Å². The molecule has 0 amide bonds. The molecule has 0 aliphatic carbocycles. The molecule has 0 bridgehead atoms. The molecule has 0 saturated carbocycles. The van der Waals surface area contributed by atoms with Gasteiger partial charge in [-0.1, -0.05) is 29.8 Å². The van der Waals surface area contributed by atoms with Crippen molar-refractivity contribution in [1.29, 1.82) is 0 Å². The average Bonchev–Trinajstić information content (AvgIpc) is 2.80. The number of benzene rings is 1. The van der Waals surface area contributed by atoms with Gasteiger partial charge in [-0.3, -0.25) is 0 Å². The predicted molar refractivity (Wildman–Crippen MR) is 78.0 cm³/mol. The Morgan fingerprint density at radius 1 is 1.24 bits per heavy atom. The molecule has 0 aliphatic heterocycles. The summed E-state index contributed by atoms with van der Waals surface area (Å²) in [7, 11) is 0. The molecule has 1 nitrogen and oxygen atoms in total. The fourth-order valence-electron chi connectivity index (χ4n) is 1.59. The minimum Gasteiger partial charge on any atom is -0.327 e. The molecule has 2 rings (SSSR count). The lowest BCUT2D eigenvalue weighted by molar-refractivity contribution is 0.722. The van der Waals surface area contributed by atoms with Gasteiger partial charge < -0.3 is 5.73 Å². The number of thiophene rings is 1. The van der Waals surface area contributed by atoms with Crippen LogP contribution in [0.4, 0.5) is 0 Å². The van der Waals surface area contributed by atoms with Gasteiger partial charge in [-0.2, -0.15) is 0 Å². The van der Waals surface area contributed by atoms with Crippen molar-refractivity contribution < 1.29 is 0 Å². The fraction of sp³-hybridized carbons (Fsp3) is 0.231. The molecule has 2 N–H and O–H groups in total. The lowest BCUT2D eigenvalue weighted by Gasteiger charge is -2.20. The molecule has 0 spiro atoms. The summed E-state index contributed by atoms with van der Waals surface area (Å²) >= 11 is 9.46. The zero-order valence-electron chi connectivity index (χ0n) is 9.47. The third kappa shape index (κ3) is 3.49. The summed E-state index contributed by atoms with van der Waals surface area (Å²) in [4.78, 5) is 0. The molecule has 2 unspecified atom stereocenters. The Morgan fingerprint density at radius 2 is 1.94 bits per heavy atom. The summed E-state index contributed by atoms with van der Waals surface area (Å²) in [5, 5.41) is 3.12. The van der Waals surface area contributed by atoms with E-state index in [9.17, 15) is 0 Å². The normalized spacial score (nSPS) is 14.5. The lowest BCUT2D eigenvalue weighted by atomic mass is 10.1. The Hall–Kier alpha value is -0.480. The van der Waals surface area contributed by atoms with Crippen molar-refractivity contribution in [2.45, 2.75) is 22.4 Å². The van der Waals surface area contributed by atoms with Gasteiger partial charge in [0.05, 0.1) is 9.46 Å². The second-order valence-corrected chi connectivity index (χ2v) is 6.71. The Labute approximate surface area is 115 Å². The Bertz CT molecular complexity index is 451. The summed E-state index contributed by atoms with van der Waals surface area (Å²) in [5.41, 5.74) is 7.30. The largest absolute Gasteiger partial charge is 0.327 e. The summed E-state index contributed by atoms with van der Waals surface area (Å²) in [5.74, 6) is 0. The highest BCUT2D eigenvalue weighted by Gasteiger charge is 2.18. The summed E-state index contributed by atoms with van der Waals surface area (Å²) in [6, 6.07) is 12.2. The van der Waals surface area contributed by atoms with Crippen LogP contribution in [-0.2, 0) is 0 Å². The maximum atomic E-state index is 6.07. The molecule has 1 aromatic carbocycles. The minimum absolute atomic E-state index is 0.100. The number of hydrogen-bond donors (Lipinski definition) is 1. The molecule has 1 heterocycles. The van der Waals surface area contributed by atoms with Crippen molar-refractivity contribution in [2.75, 3.05) is 0 Å². The number of rotatable bonds is 4. The van der Waals surface area contributed by atoms with Crippen LogP contribution in [0.1, 0.15) is 17.7 Å². The number of hydrogen-bond acceptors (Lipinski definition) is 3. The van der Waals surface area contributed by atoms with Crippen molar-refractivity contribution in [1.82, 2.24) is 0 Å². The second-order valence-electron chi connectivity index (χ2n) is 3.88. The first-order chi connectivity index (χ1) is 8.16. The molecule has 1 aromatic heterocycles. The van der Waals surface area contributed by atoms with Crippen LogP contribution in [0, 0.1) is 0 Å². The lowest BCUT2D eigenvalue weighted by Crippen LogP contribution is -2.22. The van der Waals surface area contributed by atoms with E-state index in [0.717, 1.165) is 5.02 Å². The molecule has 90 valence electrons. The van der Waals surface area contributed by atoms with Gasteiger partial charge in [-0.15, -0.1) is 23.1 Å². The van der Waals surface area contributed by atoms with E-state index in [-0.39, 0.29) is 11.3 Å². The quantitative estimate of drug-likeness (QED) is 0.831. The standard InChI is InChI=1S/C13H14ClNS2/c1-9(15)13(17-12-3-2-8-16-12)10-4-6-11(14)7-5-10/h2-9,13H,15H2,1H3. The van der Waals surface area contributed by atoms with Crippen LogP contribution < -0.4 is 5.73 Å². The number of halogens is 1. The molecular weight excluding hydrogens is 270 g/mol. The SMILES string of the molecule is CC(N)C(Sc1cccs1)c1ccc(Cl)cc1. The van der Waals surface area contributed by atoms with Crippen molar-refractivity contribution in [2.24, 2.45) is 5.73 Å². The van der Waals surface area contributed by atoms with Gasteiger partial charge in [0, 0.05) is 11.1 Å². The zero-order chi connectivity index (χ0) is 12.3. The average molecular weight is 284 g/mol. The second kappa shape index (κ2) is 5.91. The van der Waals surface area contributed by atoms with E-state index in [1.54, 1.807) is 11.3 Å². The third-order valence-electron chi connectivity index (χ3n) is 2.41. The van der Waals surface area contributed by atoms with E-state index in [4.69, 9.17) is 17.3 Å². The highest BCUT2D eigenvalue weighted by molar-refractivity contribution is 8.01. The third-order valence-corrected chi connectivity index (χ3v) is 5.23. The molecular formula is C13H14ClNS2. The topological polar surface area (TPSA) is 26.0 Å². The molecule has 2 atom stereocenters. The van der Waals surface area contributed by atoms with Crippen molar-refractivity contribution in [3.05, 3.63) is 52.4 Å². The van der Waals surface area contributed by atoms with E-state index in [2.05, 4.69) is 29.6 Å². The first kappa shape index (κ1) is 13.0. The van der Waals surface area contributed by atoms with Crippen molar-refractivity contribution in [3.63, 3.8) is 0 Å². The van der Waals surface area contributed by atoms with Gasteiger partial charge in [0.1, 0.15) is 0 Å². The molecule has 0 aliphatic rings. The van der Waals surface area contributed by atoms with Crippen LogP contribution in [0.15, 0.2) is 46.0 Å². The van der Waals surface area contributed by atoms with Gasteiger partial charge in [0.2, 0.25) is 0 Å². The maximum absolute atomic E-state index is 6.07. The first-order valence-corrected chi connectivity index (χ1v) is 7.52. The van der Waals surface area contributed by atoms with Gasteiger partial charge >= 0.3 is 0 Å². The van der Waals surface area contributed by atoms with Crippen LogP contribution in [0.25, 0.3) is 0 Å². The van der Waals surface area contributed by atoms with Crippen molar-refractivity contribution >= 4 is 34.7 Å². The number of thioether (sulfide) groups is 1. The minimum atomic E-state index is 0.100. The Morgan fingerprint density at radius 3 is 2.47 bits per heavy atom. The number of nitrogens with two attached hydrogens (primary N) is 1. The van der Waals surface area contributed by atoms with E-state index in [1.165, 1.54) is 9.77 Å². The molecule has 0 saturated heterocycles. The monoisotopic (exact) mass is 283 g/mol. The molecule has 2 aromatic rings. The summed E-state index contributed by atoms with van der Waals surface area (Å²) in [6.07, 6.45) is 0. The van der Waals surface area contributed by atoms with Gasteiger partial charge in [0.25, 0.3) is 0 Å². The van der Waals surface area contributed by atoms with E-state index in [1.807, 2.05) is 30.8 Å². The molecule has 0 radical (unpaired) electrons. The summed E-state index contributed by atoms with van der Waals surface area (Å²) in [6.45, 7) is 2.04. The molecule has 0 fully saturated rings. The molecule has 17 heavy (non-hydrogen) atoms. The van der Waals surface area contributed by atoms with E-state index in [0.29, 0.717) is 0 Å². The highest BCUT2D eigenvalue weighted by atomic mass is 35.5. The first-order valence-electron chi connectivity index (χ1n) is 5.38. The zero-order valence-corrected chi connectivity index (χ0v) is 11.9. The predicted octanol–water partition coefficient (Wildman–Crippen LogP) is 4.58. The van der Waals surface area contributed by atoms with Gasteiger partial charge in [-0.05, 0) is 36.1 Å². The Balaban J connectivity index is 2.20. The van der Waals surface area contributed by atoms with Gasteiger partial charge in [-0.25, -0.2) is 0 Å². The maximum Gasteiger partial charge on any atom is 0.0605 e. The van der Waals surface area contributed by atoms with Crippen LogP contribution in [0.5, 0.6) is 0 Å². The van der Waals surface area contributed by atoms with Crippen LogP contribution >= 0.6 is 34.7 Å². The Kier molecular flexibility index (Phi) is 4.51. The highest BCUT2D eigenvalue weighted by Crippen LogP contribution is 2.39. The molecule has 4 heteroatoms. The van der Waals surface area contributed by atoms with E-state index >= 15 is 0 Å². The fourth-order valence-corrected chi connectivity index (χ4v) is 3.78. The van der Waals surface area contributed by atoms with Crippen LogP contribution in [0.3, 0.4) is 0 Å².